The highest BCUT2D eigenvalue weighted by Gasteiger charge is 2.23. The Kier molecular flexibility index (Phi) is 4.07. The molecule has 0 aliphatic carbocycles. The molecule has 0 unspecified atom stereocenters. The smallest absolute Gasteiger partial charge is 0.231 e. The molecule has 5 heterocycles. The predicted molar refractivity (Wildman–Crippen MR) is 104 cm³/mol. The van der Waals surface area contributed by atoms with Crippen molar-refractivity contribution >= 4 is 22.6 Å². The van der Waals surface area contributed by atoms with Crippen molar-refractivity contribution in [3.8, 4) is 5.88 Å². The van der Waals surface area contributed by atoms with E-state index in [2.05, 4.69) is 29.9 Å². The number of anilines is 1. The van der Waals surface area contributed by atoms with Gasteiger partial charge in [-0.1, -0.05) is 0 Å². The SMILES string of the molecule is Cc1cn2nc(OCC3CCN(c4ncnc5c4ncn5C)CC3)ccc2n1. The van der Waals surface area contributed by atoms with Crippen LogP contribution in [0.5, 0.6) is 5.88 Å². The first-order valence-corrected chi connectivity index (χ1v) is 9.50. The number of fused-ring (bicyclic) bond motifs is 2. The summed E-state index contributed by atoms with van der Waals surface area (Å²) in [6.07, 6.45) is 7.40. The number of hydrogen-bond acceptors (Lipinski definition) is 7. The number of imidazole rings is 2. The zero-order valence-electron chi connectivity index (χ0n) is 16.0. The van der Waals surface area contributed by atoms with Crippen LogP contribution in [0, 0.1) is 12.8 Å². The largest absolute Gasteiger partial charge is 0.476 e. The van der Waals surface area contributed by atoms with Crippen LogP contribution in [0.25, 0.3) is 16.8 Å². The monoisotopic (exact) mass is 378 g/mol. The number of hydrogen-bond donors (Lipinski definition) is 0. The van der Waals surface area contributed by atoms with E-state index in [1.807, 2.05) is 36.9 Å². The van der Waals surface area contributed by atoms with Crippen molar-refractivity contribution in [3.05, 3.63) is 36.7 Å². The summed E-state index contributed by atoms with van der Waals surface area (Å²) < 4.78 is 9.65. The molecule has 0 saturated carbocycles. The van der Waals surface area contributed by atoms with Crippen molar-refractivity contribution in [1.82, 2.24) is 34.1 Å². The maximum atomic E-state index is 5.96. The quantitative estimate of drug-likeness (QED) is 0.537. The van der Waals surface area contributed by atoms with Crippen LogP contribution in [0.15, 0.2) is 31.0 Å². The fraction of sp³-hybridized carbons (Fsp3) is 0.421. The molecule has 9 nitrogen and oxygen atoms in total. The van der Waals surface area contributed by atoms with Crippen LogP contribution in [0.2, 0.25) is 0 Å². The van der Waals surface area contributed by atoms with Gasteiger partial charge in [0.05, 0.1) is 24.8 Å². The van der Waals surface area contributed by atoms with Crippen molar-refractivity contribution in [3.63, 3.8) is 0 Å². The van der Waals surface area contributed by atoms with E-state index in [-0.39, 0.29) is 0 Å². The number of ether oxygens (including phenoxy) is 1. The van der Waals surface area contributed by atoms with Gasteiger partial charge in [0.15, 0.2) is 22.6 Å². The predicted octanol–water partition coefficient (Wildman–Crippen LogP) is 2.01. The van der Waals surface area contributed by atoms with Gasteiger partial charge in [-0.3, -0.25) is 0 Å². The minimum atomic E-state index is 0.499. The fourth-order valence-corrected chi connectivity index (χ4v) is 3.74. The van der Waals surface area contributed by atoms with Gasteiger partial charge in [-0.25, -0.2) is 24.5 Å². The van der Waals surface area contributed by atoms with Gasteiger partial charge in [0.2, 0.25) is 5.88 Å². The highest BCUT2D eigenvalue weighted by molar-refractivity contribution is 5.83. The normalized spacial score (nSPS) is 15.6. The maximum Gasteiger partial charge on any atom is 0.231 e. The Bertz CT molecular complexity index is 1130. The maximum absolute atomic E-state index is 5.96. The molecule has 5 rings (SSSR count). The second kappa shape index (κ2) is 6.74. The molecule has 0 amide bonds. The topological polar surface area (TPSA) is 86.3 Å². The summed E-state index contributed by atoms with van der Waals surface area (Å²) in [5, 5.41) is 4.47. The number of rotatable bonds is 4. The summed E-state index contributed by atoms with van der Waals surface area (Å²) in [5.74, 6) is 2.06. The molecule has 9 heteroatoms. The van der Waals surface area contributed by atoms with Gasteiger partial charge in [0, 0.05) is 26.2 Å². The number of nitrogens with zero attached hydrogens (tertiary/aromatic N) is 8. The van der Waals surface area contributed by atoms with E-state index in [1.54, 1.807) is 17.2 Å². The van der Waals surface area contributed by atoms with Gasteiger partial charge in [0.1, 0.15) is 6.33 Å². The number of aryl methyl sites for hydroxylation is 2. The van der Waals surface area contributed by atoms with Gasteiger partial charge in [0.25, 0.3) is 0 Å². The lowest BCUT2D eigenvalue weighted by atomic mass is 9.98. The third kappa shape index (κ3) is 3.02. The van der Waals surface area contributed by atoms with Gasteiger partial charge < -0.3 is 14.2 Å². The van der Waals surface area contributed by atoms with E-state index in [0.29, 0.717) is 18.4 Å². The second-order valence-corrected chi connectivity index (χ2v) is 7.32. The van der Waals surface area contributed by atoms with E-state index in [1.165, 1.54) is 0 Å². The first-order chi connectivity index (χ1) is 13.7. The Labute approximate surface area is 162 Å². The molecule has 28 heavy (non-hydrogen) atoms. The van der Waals surface area contributed by atoms with Crippen molar-refractivity contribution in [2.24, 2.45) is 13.0 Å². The Hall–Kier alpha value is -3.23. The molecular weight excluding hydrogens is 356 g/mol. The molecular formula is C19H22N8O. The lowest BCUT2D eigenvalue weighted by Gasteiger charge is -2.32. The van der Waals surface area contributed by atoms with Gasteiger partial charge in [-0.05, 0) is 31.7 Å². The average Bonchev–Trinajstić information content (AvgIpc) is 3.28. The molecule has 0 bridgehead atoms. The third-order valence-corrected chi connectivity index (χ3v) is 5.27. The van der Waals surface area contributed by atoms with Crippen LogP contribution >= 0.6 is 0 Å². The zero-order chi connectivity index (χ0) is 19.1. The molecule has 0 radical (unpaired) electrons. The van der Waals surface area contributed by atoms with Crippen molar-refractivity contribution in [1.29, 1.82) is 0 Å². The molecule has 0 aromatic carbocycles. The molecule has 0 atom stereocenters. The molecule has 1 fully saturated rings. The summed E-state index contributed by atoms with van der Waals surface area (Å²) in [6, 6.07) is 3.82. The number of aromatic nitrogens is 7. The molecule has 4 aromatic heterocycles. The second-order valence-electron chi connectivity index (χ2n) is 7.32. The Morgan fingerprint density at radius 3 is 2.86 bits per heavy atom. The van der Waals surface area contributed by atoms with Crippen LogP contribution in [0.4, 0.5) is 5.82 Å². The standard InChI is InChI=1S/C19H22N8O/c1-13-9-27-15(23-13)3-4-16(24-27)28-10-14-5-7-26(8-6-14)19-17-18(20-11-21-19)25(2)12-22-17/h3-4,9,11-12,14H,5-8,10H2,1-2H3. The van der Waals surface area contributed by atoms with E-state index in [4.69, 9.17) is 4.74 Å². The number of piperidine rings is 1. The summed E-state index contributed by atoms with van der Waals surface area (Å²) in [5.41, 5.74) is 3.52. The van der Waals surface area contributed by atoms with E-state index < -0.39 is 0 Å². The summed E-state index contributed by atoms with van der Waals surface area (Å²) in [6.45, 7) is 4.50. The lowest BCUT2D eigenvalue weighted by molar-refractivity contribution is 0.213. The summed E-state index contributed by atoms with van der Waals surface area (Å²) >= 11 is 0. The summed E-state index contributed by atoms with van der Waals surface area (Å²) in [7, 11) is 1.95. The first kappa shape index (κ1) is 16.9. The summed E-state index contributed by atoms with van der Waals surface area (Å²) in [4.78, 5) is 20.0. The highest BCUT2D eigenvalue weighted by Crippen LogP contribution is 2.26. The van der Waals surface area contributed by atoms with Gasteiger partial charge >= 0.3 is 0 Å². The minimum Gasteiger partial charge on any atom is -0.476 e. The molecule has 4 aromatic rings. The van der Waals surface area contributed by atoms with Crippen molar-refractivity contribution < 1.29 is 4.74 Å². The molecule has 0 N–H and O–H groups in total. The molecule has 1 aliphatic heterocycles. The van der Waals surface area contributed by atoms with Gasteiger partial charge in [-0.2, -0.15) is 0 Å². The molecule has 1 saturated heterocycles. The third-order valence-electron chi connectivity index (χ3n) is 5.27. The van der Waals surface area contributed by atoms with Crippen LogP contribution < -0.4 is 9.64 Å². The van der Waals surface area contributed by atoms with Crippen LogP contribution in [0.1, 0.15) is 18.5 Å². The van der Waals surface area contributed by atoms with Crippen molar-refractivity contribution in [2.45, 2.75) is 19.8 Å². The van der Waals surface area contributed by atoms with Crippen LogP contribution in [-0.4, -0.2) is 53.8 Å². The van der Waals surface area contributed by atoms with E-state index >= 15 is 0 Å². The van der Waals surface area contributed by atoms with Gasteiger partial charge in [-0.15, -0.1) is 5.10 Å². The molecule has 0 spiro atoms. The van der Waals surface area contributed by atoms with E-state index in [9.17, 15) is 0 Å². The average molecular weight is 378 g/mol. The first-order valence-electron chi connectivity index (χ1n) is 9.50. The Morgan fingerprint density at radius 1 is 1.14 bits per heavy atom. The van der Waals surface area contributed by atoms with Crippen LogP contribution in [-0.2, 0) is 7.05 Å². The highest BCUT2D eigenvalue weighted by atomic mass is 16.5. The Morgan fingerprint density at radius 2 is 2.00 bits per heavy atom. The zero-order valence-corrected chi connectivity index (χ0v) is 16.0. The minimum absolute atomic E-state index is 0.499. The Balaban J connectivity index is 1.22. The van der Waals surface area contributed by atoms with Crippen molar-refractivity contribution in [2.75, 3.05) is 24.6 Å². The molecule has 144 valence electrons. The van der Waals surface area contributed by atoms with E-state index in [0.717, 1.165) is 54.3 Å². The lowest BCUT2D eigenvalue weighted by Crippen LogP contribution is -2.36. The van der Waals surface area contributed by atoms with Crippen LogP contribution in [0.3, 0.4) is 0 Å². The fourth-order valence-electron chi connectivity index (χ4n) is 3.74. The molecule has 1 aliphatic rings.